The number of hydrogen-bond acceptors (Lipinski definition) is 2. The van der Waals surface area contributed by atoms with Gasteiger partial charge in [-0.1, -0.05) is 6.08 Å². The van der Waals surface area contributed by atoms with E-state index >= 15 is 0 Å². The van der Waals surface area contributed by atoms with Crippen molar-refractivity contribution in [3.05, 3.63) is 29.8 Å². The molecule has 98 valence electrons. The predicted octanol–water partition coefficient (Wildman–Crippen LogP) is 3.85. The highest BCUT2D eigenvalue weighted by molar-refractivity contribution is 5.65. The number of anilines is 1. The minimum atomic E-state index is -4.23. The summed E-state index contributed by atoms with van der Waals surface area (Å²) < 4.78 is 42.0. The fourth-order valence-corrected chi connectivity index (χ4v) is 1.68. The number of rotatable bonds is 2. The van der Waals surface area contributed by atoms with E-state index in [2.05, 4.69) is 5.32 Å². The van der Waals surface area contributed by atoms with Gasteiger partial charge >= 0.3 is 6.18 Å². The first-order chi connectivity index (χ1) is 8.25. The molecule has 1 N–H and O–H groups in total. The second-order valence-electron chi connectivity index (χ2n) is 4.76. The number of ether oxygens (including phenoxy) is 1. The standard InChI is InChI=1S/C13H14F3NO/c1-12(2)6-5-9-3-4-10(7-11(9)18-12)17-8-13(14,15)16/h3-7,17H,8H2,1-2H3. The first kappa shape index (κ1) is 12.8. The lowest BCUT2D eigenvalue weighted by Gasteiger charge is -2.28. The van der Waals surface area contributed by atoms with Crippen LogP contribution in [0.3, 0.4) is 0 Å². The Hall–Kier alpha value is -1.65. The van der Waals surface area contributed by atoms with Gasteiger partial charge in [0.05, 0.1) is 0 Å². The van der Waals surface area contributed by atoms with Crippen LogP contribution in [0.15, 0.2) is 24.3 Å². The molecule has 5 heteroatoms. The SMILES string of the molecule is CC1(C)C=Cc2ccc(NCC(F)(F)F)cc2O1. The number of alkyl halides is 3. The summed E-state index contributed by atoms with van der Waals surface area (Å²) in [5.74, 6) is 0.592. The zero-order valence-electron chi connectivity index (χ0n) is 10.1. The molecular formula is C13H14F3NO. The minimum Gasteiger partial charge on any atom is -0.483 e. The topological polar surface area (TPSA) is 21.3 Å². The van der Waals surface area contributed by atoms with E-state index in [1.807, 2.05) is 26.0 Å². The molecule has 0 spiro atoms. The molecule has 0 bridgehead atoms. The third-order valence-corrected chi connectivity index (χ3v) is 2.54. The van der Waals surface area contributed by atoms with Crippen LogP contribution in [0.5, 0.6) is 5.75 Å². The first-order valence-electron chi connectivity index (χ1n) is 5.58. The lowest BCUT2D eigenvalue weighted by Crippen LogP contribution is -2.27. The Morgan fingerprint density at radius 2 is 2.00 bits per heavy atom. The summed E-state index contributed by atoms with van der Waals surface area (Å²) in [6, 6.07) is 4.93. The van der Waals surface area contributed by atoms with E-state index in [9.17, 15) is 13.2 Å². The lowest BCUT2D eigenvalue weighted by molar-refractivity contribution is -0.115. The van der Waals surface area contributed by atoms with Gasteiger partial charge in [0.2, 0.25) is 0 Å². The van der Waals surface area contributed by atoms with Crippen molar-refractivity contribution in [3.63, 3.8) is 0 Å². The van der Waals surface area contributed by atoms with Gasteiger partial charge < -0.3 is 10.1 Å². The molecule has 0 aliphatic carbocycles. The third-order valence-electron chi connectivity index (χ3n) is 2.54. The molecule has 1 aromatic carbocycles. The Kier molecular flexibility index (Phi) is 3.00. The van der Waals surface area contributed by atoms with Crippen LogP contribution in [-0.2, 0) is 0 Å². The van der Waals surface area contributed by atoms with Gasteiger partial charge in [0.15, 0.2) is 0 Å². The third kappa shape index (κ3) is 3.18. The molecule has 1 aliphatic rings. The van der Waals surface area contributed by atoms with E-state index in [1.54, 1.807) is 18.2 Å². The highest BCUT2D eigenvalue weighted by Gasteiger charge is 2.27. The molecule has 0 fully saturated rings. The summed E-state index contributed by atoms with van der Waals surface area (Å²) in [5.41, 5.74) is 0.833. The Labute approximate surface area is 103 Å². The zero-order valence-corrected chi connectivity index (χ0v) is 10.1. The van der Waals surface area contributed by atoms with Crippen molar-refractivity contribution in [3.8, 4) is 5.75 Å². The molecule has 0 amide bonds. The Morgan fingerprint density at radius 3 is 2.67 bits per heavy atom. The van der Waals surface area contributed by atoms with Crippen LogP contribution in [0.1, 0.15) is 19.4 Å². The maximum Gasteiger partial charge on any atom is 0.405 e. The van der Waals surface area contributed by atoms with Gasteiger partial charge in [0.25, 0.3) is 0 Å². The molecule has 0 saturated heterocycles. The quantitative estimate of drug-likeness (QED) is 0.869. The maximum absolute atomic E-state index is 12.1. The van der Waals surface area contributed by atoms with Crippen LogP contribution in [0.4, 0.5) is 18.9 Å². The van der Waals surface area contributed by atoms with Gasteiger partial charge in [-0.05, 0) is 32.1 Å². The molecule has 18 heavy (non-hydrogen) atoms. The highest BCUT2D eigenvalue weighted by atomic mass is 19.4. The number of nitrogens with one attached hydrogen (secondary N) is 1. The summed E-state index contributed by atoms with van der Waals surface area (Å²) >= 11 is 0. The fourth-order valence-electron chi connectivity index (χ4n) is 1.68. The van der Waals surface area contributed by atoms with Gasteiger partial charge in [-0.25, -0.2) is 0 Å². The van der Waals surface area contributed by atoms with Crippen LogP contribution in [-0.4, -0.2) is 18.3 Å². The largest absolute Gasteiger partial charge is 0.483 e. The molecule has 0 unspecified atom stereocenters. The van der Waals surface area contributed by atoms with Crippen LogP contribution in [0.25, 0.3) is 6.08 Å². The van der Waals surface area contributed by atoms with E-state index in [0.29, 0.717) is 11.4 Å². The minimum absolute atomic E-state index is 0.400. The second-order valence-corrected chi connectivity index (χ2v) is 4.76. The van der Waals surface area contributed by atoms with Crippen molar-refractivity contribution in [1.82, 2.24) is 0 Å². The van der Waals surface area contributed by atoms with Gasteiger partial charge in [-0.3, -0.25) is 0 Å². The van der Waals surface area contributed by atoms with Crippen molar-refractivity contribution >= 4 is 11.8 Å². The van der Waals surface area contributed by atoms with Crippen LogP contribution in [0.2, 0.25) is 0 Å². The van der Waals surface area contributed by atoms with Crippen LogP contribution >= 0.6 is 0 Å². The van der Waals surface area contributed by atoms with Gasteiger partial charge in [-0.2, -0.15) is 13.2 Å². The van der Waals surface area contributed by atoms with Crippen molar-refractivity contribution < 1.29 is 17.9 Å². The Balaban J connectivity index is 2.16. The number of hydrogen-bond donors (Lipinski definition) is 1. The summed E-state index contributed by atoms with van der Waals surface area (Å²) in [6.07, 6.45) is -0.402. The summed E-state index contributed by atoms with van der Waals surface area (Å²) in [4.78, 5) is 0. The van der Waals surface area contributed by atoms with Crippen LogP contribution in [0, 0.1) is 0 Å². The molecular weight excluding hydrogens is 243 g/mol. The molecule has 1 aliphatic heterocycles. The normalized spacial score (nSPS) is 16.9. The average Bonchev–Trinajstić information content (AvgIpc) is 2.23. The predicted molar refractivity (Wildman–Crippen MR) is 64.7 cm³/mol. The van der Waals surface area contributed by atoms with Gasteiger partial charge in [0, 0.05) is 17.3 Å². The number of halogens is 3. The summed E-state index contributed by atoms with van der Waals surface area (Å²) in [7, 11) is 0. The average molecular weight is 257 g/mol. The molecule has 0 aromatic heterocycles. The fraction of sp³-hybridized carbons (Fsp3) is 0.385. The van der Waals surface area contributed by atoms with Crippen molar-refractivity contribution in [2.45, 2.75) is 25.6 Å². The van der Waals surface area contributed by atoms with E-state index in [0.717, 1.165) is 5.56 Å². The van der Waals surface area contributed by atoms with Crippen molar-refractivity contribution in [2.24, 2.45) is 0 Å². The molecule has 1 heterocycles. The number of benzene rings is 1. The molecule has 1 aromatic rings. The maximum atomic E-state index is 12.1. The first-order valence-corrected chi connectivity index (χ1v) is 5.58. The Bertz CT molecular complexity index is 478. The Morgan fingerprint density at radius 1 is 1.28 bits per heavy atom. The van der Waals surface area contributed by atoms with E-state index in [1.165, 1.54) is 0 Å². The number of fused-ring (bicyclic) bond motifs is 1. The molecule has 0 atom stereocenters. The summed E-state index contributed by atoms with van der Waals surface area (Å²) in [5, 5.41) is 2.33. The van der Waals surface area contributed by atoms with E-state index in [-0.39, 0.29) is 0 Å². The van der Waals surface area contributed by atoms with E-state index in [4.69, 9.17) is 4.74 Å². The van der Waals surface area contributed by atoms with Gasteiger partial charge in [-0.15, -0.1) is 0 Å². The lowest BCUT2D eigenvalue weighted by atomic mass is 10.0. The van der Waals surface area contributed by atoms with E-state index < -0.39 is 18.3 Å². The molecule has 2 nitrogen and oxygen atoms in total. The van der Waals surface area contributed by atoms with Gasteiger partial charge in [0.1, 0.15) is 17.9 Å². The molecule has 0 radical (unpaired) electrons. The molecule has 2 rings (SSSR count). The van der Waals surface area contributed by atoms with Crippen LogP contribution < -0.4 is 10.1 Å². The van der Waals surface area contributed by atoms with Crippen molar-refractivity contribution in [2.75, 3.05) is 11.9 Å². The monoisotopic (exact) mass is 257 g/mol. The second kappa shape index (κ2) is 4.23. The smallest absolute Gasteiger partial charge is 0.405 e. The van der Waals surface area contributed by atoms with Crippen molar-refractivity contribution in [1.29, 1.82) is 0 Å². The molecule has 0 saturated carbocycles. The highest BCUT2D eigenvalue weighted by Crippen LogP contribution is 2.33. The summed E-state index contributed by atoms with van der Waals surface area (Å²) in [6.45, 7) is 2.73. The zero-order chi connectivity index (χ0) is 13.4.